The van der Waals surface area contributed by atoms with Crippen molar-refractivity contribution in [2.24, 2.45) is 29.5 Å². The van der Waals surface area contributed by atoms with Gasteiger partial charge < -0.3 is 28.8 Å². The Labute approximate surface area is 175 Å². The summed E-state index contributed by atoms with van der Waals surface area (Å²) in [5.74, 6) is 3.90. The van der Waals surface area contributed by atoms with Crippen molar-refractivity contribution in [3.63, 3.8) is 0 Å². The van der Waals surface area contributed by atoms with Crippen LogP contribution in [0.15, 0.2) is 16.5 Å². The van der Waals surface area contributed by atoms with Crippen LogP contribution in [0.2, 0.25) is 0 Å². The zero-order chi connectivity index (χ0) is 21.7. The molecule has 1 amide bonds. The van der Waals surface area contributed by atoms with Crippen LogP contribution in [0.3, 0.4) is 0 Å². The second-order valence-electron chi connectivity index (χ2n) is 9.23. The minimum atomic E-state index is -1.38. The maximum Gasteiger partial charge on any atom is 0.300 e. The predicted octanol–water partition coefficient (Wildman–Crippen LogP) is 1.63. The van der Waals surface area contributed by atoms with Gasteiger partial charge in [0, 0.05) is 18.3 Å². The number of rotatable bonds is 4. The van der Waals surface area contributed by atoms with E-state index in [1.54, 1.807) is 13.0 Å². The summed E-state index contributed by atoms with van der Waals surface area (Å²) in [4.78, 5) is 11.6. The minimum Gasteiger partial charge on any atom is -0.453 e. The maximum atomic E-state index is 11.8. The summed E-state index contributed by atoms with van der Waals surface area (Å²) in [5.41, 5.74) is 0.845. The van der Waals surface area contributed by atoms with Crippen molar-refractivity contribution in [3.05, 3.63) is 23.7 Å². The number of hydrazine groups is 1. The van der Waals surface area contributed by atoms with E-state index in [1.807, 2.05) is 12.3 Å². The highest BCUT2D eigenvalue weighted by Gasteiger charge is 2.63. The molecular formula is C21H32N2O7. The number of nitrogens with two attached hydrogens (primary N) is 1. The van der Waals surface area contributed by atoms with Gasteiger partial charge in [-0.1, -0.05) is 13.8 Å². The molecule has 2 saturated heterocycles. The predicted molar refractivity (Wildman–Crippen MR) is 104 cm³/mol. The number of furan rings is 1. The Balaban J connectivity index is 1.53. The summed E-state index contributed by atoms with van der Waals surface area (Å²) < 4.78 is 23.4. The molecule has 9 nitrogen and oxygen atoms in total. The average molecular weight is 424 g/mol. The number of ether oxygens (including phenoxy) is 3. The van der Waals surface area contributed by atoms with Gasteiger partial charge in [0.25, 0.3) is 0 Å². The molecule has 3 fully saturated rings. The molecule has 1 aromatic rings. The topological polar surface area (TPSA) is 136 Å². The first kappa shape index (κ1) is 21.7. The van der Waals surface area contributed by atoms with Crippen LogP contribution in [0.25, 0.3) is 0 Å². The summed E-state index contributed by atoms with van der Waals surface area (Å²) in [5, 5.41) is 22.5. The Morgan fingerprint density at radius 3 is 2.77 bits per heavy atom. The number of nitrogen functional groups attached to an aromatic ring is 1. The van der Waals surface area contributed by atoms with Crippen LogP contribution in [0.4, 0.5) is 0 Å². The summed E-state index contributed by atoms with van der Waals surface area (Å²) in [6.07, 6.45) is 1.32. The van der Waals surface area contributed by atoms with Gasteiger partial charge in [-0.25, -0.2) is 5.84 Å². The average Bonchev–Trinajstić information content (AvgIpc) is 3.13. The summed E-state index contributed by atoms with van der Waals surface area (Å²) in [6, 6.07) is 3.16. The lowest BCUT2D eigenvalue weighted by Gasteiger charge is -2.57. The van der Waals surface area contributed by atoms with Crippen LogP contribution in [0.1, 0.15) is 62.8 Å². The van der Waals surface area contributed by atoms with E-state index in [2.05, 4.69) is 6.92 Å². The number of hydrogen-bond donors (Lipinski definition) is 4. The smallest absolute Gasteiger partial charge is 0.300 e. The van der Waals surface area contributed by atoms with Crippen LogP contribution in [0.5, 0.6) is 0 Å². The molecule has 3 aliphatic rings. The third-order valence-electron chi connectivity index (χ3n) is 7.19. The van der Waals surface area contributed by atoms with E-state index in [1.165, 1.54) is 6.07 Å². The Bertz CT molecular complexity index is 781. The van der Waals surface area contributed by atoms with Gasteiger partial charge in [0.15, 0.2) is 24.1 Å². The molecule has 0 spiro atoms. The Hall–Kier alpha value is -1.49. The molecule has 5 N–H and O–H groups in total. The lowest BCUT2D eigenvalue weighted by molar-refractivity contribution is -0.409. The molecule has 0 radical (unpaired) electrons. The van der Waals surface area contributed by atoms with Crippen molar-refractivity contribution in [3.8, 4) is 0 Å². The van der Waals surface area contributed by atoms with Crippen LogP contribution in [-0.4, -0.2) is 40.1 Å². The molecule has 0 aromatic carbocycles. The third-order valence-corrected chi connectivity index (χ3v) is 7.19. The quantitative estimate of drug-likeness (QED) is 0.325. The van der Waals surface area contributed by atoms with Crippen LogP contribution < -0.4 is 11.3 Å². The van der Waals surface area contributed by atoms with E-state index < -0.39 is 29.9 Å². The SMILES string of the molecule is C[C@H]1C(OCc2ccc(C(=O)NN)o2)OC2O[C@@](C)(O)CCC3[C@H](C)CCC1C23O. The number of aliphatic hydroxyl groups is 2. The number of carbonyl (C=O) groups is 1. The van der Waals surface area contributed by atoms with E-state index in [0.717, 1.165) is 12.8 Å². The molecule has 0 bridgehead atoms. The van der Waals surface area contributed by atoms with Gasteiger partial charge in [-0.15, -0.1) is 0 Å². The Morgan fingerprint density at radius 2 is 2.03 bits per heavy atom. The lowest BCUT2D eigenvalue weighted by atomic mass is 9.58. The van der Waals surface area contributed by atoms with Gasteiger partial charge in [-0.05, 0) is 50.2 Å². The first-order chi connectivity index (χ1) is 14.2. The Kier molecular flexibility index (Phi) is 5.71. The fourth-order valence-corrected chi connectivity index (χ4v) is 5.54. The van der Waals surface area contributed by atoms with Gasteiger partial charge in [-0.3, -0.25) is 10.2 Å². The molecule has 9 heteroatoms. The summed E-state index contributed by atoms with van der Waals surface area (Å²) in [6.45, 7) is 5.85. The van der Waals surface area contributed by atoms with Crippen LogP contribution >= 0.6 is 0 Å². The zero-order valence-electron chi connectivity index (χ0n) is 17.7. The minimum absolute atomic E-state index is 0.0129. The van der Waals surface area contributed by atoms with E-state index in [0.29, 0.717) is 24.5 Å². The highest BCUT2D eigenvalue weighted by atomic mass is 16.8. The molecule has 5 unspecified atom stereocenters. The van der Waals surface area contributed by atoms with Crippen molar-refractivity contribution < 1.29 is 33.6 Å². The number of amides is 1. The van der Waals surface area contributed by atoms with Gasteiger partial charge in [0.2, 0.25) is 0 Å². The van der Waals surface area contributed by atoms with Crippen LogP contribution in [0, 0.1) is 23.7 Å². The zero-order valence-corrected chi connectivity index (χ0v) is 17.7. The van der Waals surface area contributed by atoms with Crippen molar-refractivity contribution in [1.82, 2.24) is 5.43 Å². The standard InChI is InChI=1S/C21H32N2O7/c1-11-4-6-15-12(2)18(27-10-13-5-7-16(28-13)17(24)23-22)29-19-21(15,26)14(11)8-9-20(3,25)30-19/h5,7,11-12,14-15,18-19,25-26H,4,6,8-10,22H2,1-3H3,(H,23,24)/t11-,12-,14?,15?,18?,19?,20-,21?/m1/s1. The highest BCUT2D eigenvalue weighted by molar-refractivity contribution is 5.90. The van der Waals surface area contributed by atoms with Crippen molar-refractivity contribution in [2.75, 3.05) is 0 Å². The largest absolute Gasteiger partial charge is 0.453 e. The molecule has 1 saturated carbocycles. The fourth-order valence-electron chi connectivity index (χ4n) is 5.54. The molecule has 3 heterocycles. The molecular weight excluding hydrogens is 392 g/mol. The van der Waals surface area contributed by atoms with Gasteiger partial charge in [0.05, 0.1) is 0 Å². The molecule has 168 valence electrons. The molecule has 1 aromatic heterocycles. The van der Waals surface area contributed by atoms with Crippen molar-refractivity contribution in [2.45, 2.75) is 77.0 Å². The number of carbonyl (C=O) groups excluding carboxylic acids is 1. The fraction of sp³-hybridized carbons (Fsp3) is 0.762. The highest BCUT2D eigenvalue weighted by Crippen LogP contribution is 2.55. The second kappa shape index (κ2) is 7.89. The van der Waals surface area contributed by atoms with E-state index in [9.17, 15) is 15.0 Å². The first-order valence-electron chi connectivity index (χ1n) is 10.6. The summed E-state index contributed by atoms with van der Waals surface area (Å²) in [7, 11) is 0. The van der Waals surface area contributed by atoms with Crippen molar-refractivity contribution in [1.29, 1.82) is 0 Å². The molecule has 30 heavy (non-hydrogen) atoms. The van der Waals surface area contributed by atoms with E-state index >= 15 is 0 Å². The van der Waals surface area contributed by atoms with Gasteiger partial charge in [-0.2, -0.15) is 0 Å². The monoisotopic (exact) mass is 424 g/mol. The first-order valence-corrected chi connectivity index (χ1v) is 10.6. The molecule has 8 atom stereocenters. The Morgan fingerprint density at radius 1 is 1.27 bits per heavy atom. The van der Waals surface area contributed by atoms with E-state index in [-0.39, 0.29) is 30.1 Å². The number of nitrogens with one attached hydrogen (secondary N) is 1. The summed E-state index contributed by atoms with van der Waals surface area (Å²) >= 11 is 0. The maximum absolute atomic E-state index is 11.8. The molecule has 1 aliphatic carbocycles. The normalized spacial score (nSPS) is 43.5. The molecule has 4 rings (SSSR count). The third kappa shape index (κ3) is 3.68. The second-order valence-corrected chi connectivity index (χ2v) is 9.23. The van der Waals surface area contributed by atoms with Gasteiger partial charge >= 0.3 is 5.91 Å². The number of hydrogen-bond acceptors (Lipinski definition) is 8. The molecule has 2 aliphatic heterocycles. The van der Waals surface area contributed by atoms with Crippen LogP contribution in [-0.2, 0) is 20.8 Å². The van der Waals surface area contributed by atoms with E-state index in [4.69, 9.17) is 24.5 Å². The van der Waals surface area contributed by atoms with Crippen molar-refractivity contribution >= 4 is 5.91 Å². The lowest BCUT2D eigenvalue weighted by Crippen LogP contribution is -2.67. The van der Waals surface area contributed by atoms with Gasteiger partial charge in [0.1, 0.15) is 18.0 Å².